The molecule has 5 heteroatoms. The topological polar surface area (TPSA) is 53.7 Å². The Morgan fingerprint density at radius 2 is 0.923 bits per heavy atom. The van der Waals surface area contributed by atoms with E-state index in [1.54, 1.807) is 0 Å². The predicted octanol–water partition coefficient (Wildman–Crippen LogP) is 5.99. The lowest BCUT2D eigenvalue weighted by Gasteiger charge is -2.34. The fraction of sp³-hybridized carbons (Fsp3) is 1.00. The number of rotatable bonds is 20. The molecule has 1 unspecified atom stereocenters. The minimum atomic E-state index is -2.82. The highest BCUT2D eigenvalue weighted by molar-refractivity contribution is 6.62. The summed E-state index contributed by atoms with van der Waals surface area (Å²) in [6.45, 7) is 11.0. The monoisotopic (exact) mass is 389 g/mol. The molecule has 0 radical (unpaired) electrons. The first-order valence-corrected chi connectivity index (χ1v) is 13.1. The Morgan fingerprint density at radius 1 is 0.577 bits per heavy atom. The third-order valence-corrected chi connectivity index (χ3v) is 7.74. The quantitative estimate of drug-likeness (QED) is 0.205. The van der Waals surface area contributed by atoms with Crippen molar-refractivity contribution in [3.8, 4) is 0 Å². The maximum Gasteiger partial charge on any atom is 0.518 e. The van der Waals surface area contributed by atoms with Crippen molar-refractivity contribution in [2.24, 2.45) is 5.73 Å². The van der Waals surface area contributed by atoms with Gasteiger partial charge in [0.2, 0.25) is 0 Å². The fourth-order valence-electron chi connectivity index (χ4n) is 2.94. The van der Waals surface area contributed by atoms with Crippen molar-refractivity contribution in [2.45, 2.75) is 117 Å². The fourth-order valence-corrected chi connectivity index (χ4v) is 5.67. The molecular formula is C21H47NO3Si. The maximum absolute atomic E-state index is 6.62. The van der Waals surface area contributed by atoms with Crippen LogP contribution in [0.1, 0.15) is 111 Å². The van der Waals surface area contributed by atoms with E-state index in [4.69, 9.17) is 19.0 Å². The van der Waals surface area contributed by atoms with Gasteiger partial charge in [0.25, 0.3) is 0 Å². The van der Waals surface area contributed by atoms with Gasteiger partial charge in [-0.05, 0) is 25.7 Å². The molecule has 1 atom stereocenters. The molecule has 0 spiro atoms. The summed E-state index contributed by atoms with van der Waals surface area (Å²) >= 11 is 0. The average Bonchev–Trinajstić information content (AvgIpc) is 2.65. The van der Waals surface area contributed by atoms with E-state index in [0.29, 0.717) is 19.8 Å². The van der Waals surface area contributed by atoms with Gasteiger partial charge in [-0.3, -0.25) is 0 Å². The molecule has 0 aromatic rings. The average molecular weight is 390 g/mol. The molecule has 0 aliphatic carbocycles. The standard InChI is InChI=1S/C21H47NO3Si/c1-5-9-13-17-21(22)26(23-18-14-10-6-2,24-19-15-11-7-3)25-20-16-12-8-4/h21H,5-20,22H2,1-4H3. The summed E-state index contributed by atoms with van der Waals surface area (Å²) in [4.78, 5) is 0. The van der Waals surface area contributed by atoms with Gasteiger partial charge in [0, 0.05) is 19.8 Å². The van der Waals surface area contributed by atoms with Crippen molar-refractivity contribution in [1.82, 2.24) is 0 Å². The molecule has 26 heavy (non-hydrogen) atoms. The Morgan fingerprint density at radius 3 is 1.27 bits per heavy atom. The van der Waals surface area contributed by atoms with Crippen molar-refractivity contribution in [3.63, 3.8) is 0 Å². The molecule has 0 heterocycles. The number of unbranched alkanes of at least 4 members (excludes halogenated alkanes) is 8. The van der Waals surface area contributed by atoms with Crippen molar-refractivity contribution in [3.05, 3.63) is 0 Å². The van der Waals surface area contributed by atoms with Crippen LogP contribution in [-0.2, 0) is 13.3 Å². The van der Waals surface area contributed by atoms with Gasteiger partial charge >= 0.3 is 8.80 Å². The van der Waals surface area contributed by atoms with E-state index in [0.717, 1.165) is 32.1 Å². The van der Waals surface area contributed by atoms with E-state index in [1.807, 2.05) is 0 Å². The van der Waals surface area contributed by atoms with Crippen LogP contribution in [0.2, 0.25) is 0 Å². The van der Waals surface area contributed by atoms with Crippen LogP contribution in [0.15, 0.2) is 0 Å². The van der Waals surface area contributed by atoms with Gasteiger partial charge in [0.05, 0.1) is 5.67 Å². The van der Waals surface area contributed by atoms with Gasteiger partial charge in [-0.1, -0.05) is 85.5 Å². The van der Waals surface area contributed by atoms with E-state index in [2.05, 4.69) is 27.7 Å². The van der Waals surface area contributed by atoms with Crippen LogP contribution >= 0.6 is 0 Å². The van der Waals surface area contributed by atoms with Gasteiger partial charge in [-0.2, -0.15) is 0 Å². The predicted molar refractivity (Wildman–Crippen MR) is 114 cm³/mol. The number of nitrogens with two attached hydrogens (primary N) is 1. The molecule has 0 saturated heterocycles. The lowest BCUT2D eigenvalue weighted by molar-refractivity contribution is 0.0460. The van der Waals surface area contributed by atoms with Gasteiger partial charge in [-0.25, -0.2) is 0 Å². The van der Waals surface area contributed by atoms with E-state index in [9.17, 15) is 0 Å². The van der Waals surface area contributed by atoms with Gasteiger partial charge in [-0.15, -0.1) is 0 Å². The van der Waals surface area contributed by atoms with Crippen molar-refractivity contribution < 1.29 is 13.3 Å². The summed E-state index contributed by atoms with van der Waals surface area (Å²) < 4.78 is 19.1. The molecule has 0 saturated carbocycles. The van der Waals surface area contributed by atoms with Crippen LogP contribution in [0.25, 0.3) is 0 Å². The van der Waals surface area contributed by atoms with Crippen LogP contribution in [-0.4, -0.2) is 34.3 Å². The minimum Gasteiger partial charge on any atom is -0.373 e. The summed E-state index contributed by atoms with van der Waals surface area (Å²) in [6, 6.07) is 0. The Balaban J connectivity index is 4.89. The number of hydrogen-bond donors (Lipinski definition) is 1. The first-order valence-electron chi connectivity index (χ1n) is 11.3. The van der Waals surface area contributed by atoms with Crippen molar-refractivity contribution in [2.75, 3.05) is 19.8 Å². The second-order valence-corrected chi connectivity index (χ2v) is 10.2. The Hall–Kier alpha value is 0.0569. The smallest absolute Gasteiger partial charge is 0.373 e. The van der Waals surface area contributed by atoms with E-state index in [-0.39, 0.29) is 5.67 Å². The van der Waals surface area contributed by atoms with E-state index in [1.165, 1.54) is 51.4 Å². The molecule has 0 aliphatic rings. The summed E-state index contributed by atoms with van der Waals surface area (Å²) in [6.07, 6.45) is 14.8. The van der Waals surface area contributed by atoms with Crippen LogP contribution in [0.4, 0.5) is 0 Å². The normalized spacial score (nSPS) is 13.3. The largest absolute Gasteiger partial charge is 0.518 e. The van der Waals surface area contributed by atoms with Crippen LogP contribution < -0.4 is 5.73 Å². The molecule has 0 amide bonds. The van der Waals surface area contributed by atoms with E-state index < -0.39 is 8.80 Å². The van der Waals surface area contributed by atoms with Gasteiger partial charge < -0.3 is 19.0 Å². The Kier molecular flexibility index (Phi) is 18.5. The van der Waals surface area contributed by atoms with Gasteiger partial charge in [0.1, 0.15) is 0 Å². The molecule has 0 fully saturated rings. The third-order valence-electron chi connectivity index (χ3n) is 4.73. The lowest BCUT2D eigenvalue weighted by Crippen LogP contribution is -2.60. The second-order valence-electron chi connectivity index (χ2n) is 7.37. The first kappa shape index (κ1) is 26.1. The number of hydrogen-bond acceptors (Lipinski definition) is 4. The summed E-state index contributed by atoms with van der Waals surface area (Å²) in [5.74, 6) is 0. The molecule has 0 rings (SSSR count). The molecular weight excluding hydrogens is 342 g/mol. The highest BCUT2D eigenvalue weighted by Gasteiger charge is 2.47. The second kappa shape index (κ2) is 18.4. The molecule has 0 bridgehead atoms. The summed E-state index contributed by atoms with van der Waals surface area (Å²) in [5, 5.41) is 0. The molecule has 0 aromatic heterocycles. The zero-order valence-electron chi connectivity index (χ0n) is 18.2. The minimum absolute atomic E-state index is 0.0982. The molecule has 158 valence electrons. The van der Waals surface area contributed by atoms with Crippen LogP contribution in [0, 0.1) is 0 Å². The molecule has 2 N–H and O–H groups in total. The molecule has 0 aromatic carbocycles. The molecule has 0 aliphatic heterocycles. The highest BCUT2D eigenvalue weighted by atomic mass is 28.4. The Labute approximate surface area is 164 Å². The maximum atomic E-state index is 6.62. The zero-order valence-corrected chi connectivity index (χ0v) is 19.2. The third kappa shape index (κ3) is 12.4. The van der Waals surface area contributed by atoms with Crippen LogP contribution in [0.3, 0.4) is 0 Å². The summed E-state index contributed by atoms with van der Waals surface area (Å²) in [5.41, 5.74) is 6.53. The first-order chi connectivity index (χ1) is 12.7. The SMILES string of the molecule is CCCCCO[Si](OCCCCC)(OCCCCC)C(N)CCCCC. The highest BCUT2D eigenvalue weighted by Crippen LogP contribution is 2.21. The zero-order chi connectivity index (χ0) is 19.5. The molecule has 4 nitrogen and oxygen atoms in total. The van der Waals surface area contributed by atoms with Crippen molar-refractivity contribution in [1.29, 1.82) is 0 Å². The van der Waals surface area contributed by atoms with Gasteiger partial charge in [0.15, 0.2) is 0 Å². The Bertz CT molecular complexity index is 261. The summed E-state index contributed by atoms with van der Waals surface area (Å²) in [7, 11) is -2.82. The van der Waals surface area contributed by atoms with E-state index >= 15 is 0 Å². The van der Waals surface area contributed by atoms with Crippen molar-refractivity contribution >= 4 is 8.80 Å². The van der Waals surface area contributed by atoms with Crippen LogP contribution in [0.5, 0.6) is 0 Å². The lowest BCUT2D eigenvalue weighted by atomic mass is 10.2.